The van der Waals surface area contributed by atoms with E-state index in [1.807, 2.05) is 22.5 Å². The second-order valence-corrected chi connectivity index (χ2v) is 5.21. The van der Waals surface area contributed by atoms with Gasteiger partial charge >= 0.3 is 0 Å². The van der Waals surface area contributed by atoms with Crippen LogP contribution in [0.4, 0.5) is 6.01 Å². The summed E-state index contributed by atoms with van der Waals surface area (Å²) in [7, 11) is 0. The molecule has 3 heterocycles. The summed E-state index contributed by atoms with van der Waals surface area (Å²) >= 11 is 0. The molecule has 3 N–H and O–H groups in total. The SMILES string of the molecule is ONC(O)c1cccc2c1CN(c1nc3cnccc3o1)C2. The van der Waals surface area contributed by atoms with Crippen molar-refractivity contribution in [2.24, 2.45) is 0 Å². The van der Waals surface area contributed by atoms with E-state index in [-0.39, 0.29) is 0 Å². The average Bonchev–Trinajstić information content (AvgIpc) is 3.16. The number of aromatic nitrogens is 2. The Hall–Kier alpha value is -2.48. The topological polar surface area (TPSA) is 94.7 Å². The highest BCUT2D eigenvalue weighted by Gasteiger charge is 2.26. The highest BCUT2D eigenvalue weighted by atomic mass is 16.5. The van der Waals surface area contributed by atoms with Crippen molar-refractivity contribution in [3.05, 3.63) is 53.3 Å². The van der Waals surface area contributed by atoms with E-state index < -0.39 is 6.23 Å². The zero-order chi connectivity index (χ0) is 15.1. The van der Waals surface area contributed by atoms with Gasteiger partial charge in [0.2, 0.25) is 0 Å². The molecular formula is C15H14N4O3. The predicted molar refractivity (Wildman–Crippen MR) is 78.0 cm³/mol. The summed E-state index contributed by atoms with van der Waals surface area (Å²) in [4.78, 5) is 10.5. The molecule has 2 aromatic heterocycles. The van der Waals surface area contributed by atoms with E-state index in [1.54, 1.807) is 24.5 Å². The van der Waals surface area contributed by atoms with Crippen molar-refractivity contribution in [1.29, 1.82) is 0 Å². The smallest absolute Gasteiger partial charge is 0.299 e. The Balaban J connectivity index is 1.69. The molecule has 1 aliphatic heterocycles. The third-order valence-electron chi connectivity index (χ3n) is 3.89. The van der Waals surface area contributed by atoms with E-state index >= 15 is 0 Å². The van der Waals surface area contributed by atoms with E-state index in [2.05, 4.69) is 9.97 Å². The zero-order valence-electron chi connectivity index (χ0n) is 11.6. The number of benzene rings is 1. The lowest BCUT2D eigenvalue weighted by molar-refractivity contribution is 0.000232. The maximum Gasteiger partial charge on any atom is 0.299 e. The Bertz CT molecular complexity index is 800. The number of hydrogen-bond acceptors (Lipinski definition) is 7. The first-order valence-corrected chi connectivity index (χ1v) is 6.90. The highest BCUT2D eigenvalue weighted by molar-refractivity contribution is 5.73. The van der Waals surface area contributed by atoms with Crippen LogP contribution < -0.4 is 10.4 Å². The molecule has 7 nitrogen and oxygen atoms in total. The molecule has 1 atom stereocenters. The lowest BCUT2D eigenvalue weighted by atomic mass is 10.0. The minimum absolute atomic E-state index is 0.525. The summed E-state index contributed by atoms with van der Waals surface area (Å²) in [5, 5.41) is 18.8. The quantitative estimate of drug-likeness (QED) is 0.500. The van der Waals surface area contributed by atoms with Crippen LogP contribution in [-0.4, -0.2) is 20.3 Å². The molecule has 1 unspecified atom stereocenters. The van der Waals surface area contributed by atoms with Gasteiger partial charge in [0.15, 0.2) is 11.8 Å². The summed E-state index contributed by atoms with van der Waals surface area (Å²) in [5.74, 6) is 0. The molecule has 1 aliphatic rings. The second-order valence-electron chi connectivity index (χ2n) is 5.21. The van der Waals surface area contributed by atoms with E-state index in [0.29, 0.717) is 35.8 Å². The van der Waals surface area contributed by atoms with Crippen LogP contribution in [0.25, 0.3) is 11.1 Å². The third-order valence-corrected chi connectivity index (χ3v) is 3.89. The first kappa shape index (κ1) is 13.2. The Kier molecular flexibility index (Phi) is 3.04. The summed E-state index contributed by atoms with van der Waals surface area (Å²) in [6, 6.07) is 7.93. The number of aliphatic hydroxyl groups is 1. The van der Waals surface area contributed by atoms with Crippen molar-refractivity contribution in [2.45, 2.75) is 19.3 Å². The maximum atomic E-state index is 9.84. The molecule has 0 radical (unpaired) electrons. The highest BCUT2D eigenvalue weighted by Crippen LogP contribution is 2.33. The van der Waals surface area contributed by atoms with Gasteiger partial charge in [-0.15, -0.1) is 0 Å². The second kappa shape index (κ2) is 5.06. The molecule has 3 aromatic rings. The number of nitrogens with one attached hydrogen (secondary N) is 1. The number of pyridine rings is 1. The van der Waals surface area contributed by atoms with Crippen molar-refractivity contribution < 1.29 is 14.7 Å². The van der Waals surface area contributed by atoms with Crippen LogP contribution in [0.3, 0.4) is 0 Å². The van der Waals surface area contributed by atoms with E-state index in [1.165, 1.54) is 0 Å². The minimum atomic E-state index is -1.11. The van der Waals surface area contributed by atoms with Crippen LogP contribution in [0.2, 0.25) is 0 Å². The largest absolute Gasteiger partial charge is 0.423 e. The Morgan fingerprint density at radius 3 is 3.00 bits per heavy atom. The van der Waals surface area contributed by atoms with Gasteiger partial charge in [0.1, 0.15) is 5.52 Å². The van der Waals surface area contributed by atoms with Gasteiger partial charge in [-0.25, -0.2) is 0 Å². The molecule has 0 aliphatic carbocycles. The minimum Gasteiger partial charge on any atom is -0.423 e. The summed E-state index contributed by atoms with van der Waals surface area (Å²) in [6.07, 6.45) is 2.22. The van der Waals surface area contributed by atoms with E-state index in [4.69, 9.17) is 9.62 Å². The molecule has 7 heteroatoms. The van der Waals surface area contributed by atoms with Gasteiger partial charge in [-0.05, 0) is 11.1 Å². The van der Waals surface area contributed by atoms with Crippen LogP contribution in [0.1, 0.15) is 22.9 Å². The van der Waals surface area contributed by atoms with Gasteiger partial charge in [-0.3, -0.25) is 4.98 Å². The van der Waals surface area contributed by atoms with Gasteiger partial charge in [0.25, 0.3) is 6.01 Å². The fraction of sp³-hybridized carbons (Fsp3) is 0.200. The number of hydrogen-bond donors (Lipinski definition) is 3. The first-order valence-electron chi connectivity index (χ1n) is 6.90. The van der Waals surface area contributed by atoms with Crippen LogP contribution in [-0.2, 0) is 13.1 Å². The van der Waals surface area contributed by atoms with E-state index in [9.17, 15) is 5.11 Å². The molecule has 0 fully saturated rings. The van der Waals surface area contributed by atoms with Crippen LogP contribution in [0.5, 0.6) is 0 Å². The number of nitrogens with zero attached hydrogens (tertiary/aromatic N) is 3. The lowest BCUT2D eigenvalue weighted by Crippen LogP contribution is -2.19. The number of aliphatic hydroxyl groups excluding tert-OH is 1. The summed E-state index contributed by atoms with van der Waals surface area (Å²) < 4.78 is 5.76. The predicted octanol–water partition coefficient (Wildman–Crippen LogP) is 1.71. The van der Waals surface area contributed by atoms with Crippen LogP contribution in [0.15, 0.2) is 41.1 Å². The summed E-state index contributed by atoms with van der Waals surface area (Å²) in [5.41, 5.74) is 5.98. The van der Waals surface area contributed by atoms with Crippen LogP contribution >= 0.6 is 0 Å². The summed E-state index contributed by atoms with van der Waals surface area (Å²) in [6.45, 7) is 1.20. The fourth-order valence-corrected chi connectivity index (χ4v) is 2.81. The number of hydroxylamine groups is 1. The fourth-order valence-electron chi connectivity index (χ4n) is 2.81. The first-order chi connectivity index (χ1) is 10.8. The van der Waals surface area contributed by atoms with Crippen molar-refractivity contribution in [2.75, 3.05) is 4.90 Å². The van der Waals surface area contributed by atoms with Gasteiger partial charge in [-0.2, -0.15) is 10.5 Å². The van der Waals surface area contributed by atoms with Crippen molar-refractivity contribution >= 4 is 17.1 Å². The molecule has 4 rings (SSSR count). The normalized spacial score (nSPS) is 15.3. The van der Waals surface area contributed by atoms with Crippen molar-refractivity contribution in [3.63, 3.8) is 0 Å². The monoisotopic (exact) mass is 298 g/mol. The molecule has 22 heavy (non-hydrogen) atoms. The molecule has 0 spiro atoms. The number of rotatable bonds is 3. The maximum absolute atomic E-state index is 9.84. The molecule has 0 saturated carbocycles. The standard InChI is InChI=1S/C15H14N4O3/c20-14(18-21)10-3-1-2-9-7-19(8-11(9)10)15-17-12-6-16-5-4-13(12)22-15/h1-6,14,18,20-21H,7-8H2. The molecule has 0 amide bonds. The zero-order valence-corrected chi connectivity index (χ0v) is 11.6. The average molecular weight is 298 g/mol. The van der Waals surface area contributed by atoms with Crippen molar-refractivity contribution in [1.82, 2.24) is 15.4 Å². The van der Waals surface area contributed by atoms with Gasteiger partial charge < -0.3 is 19.6 Å². The molecule has 1 aromatic carbocycles. The number of fused-ring (bicyclic) bond motifs is 2. The number of oxazole rings is 1. The van der Waals surface area contributed by atoms with Crippen LogP contribution in [0, 0.1) is 0 Å². The Morgan fingerprint density at radius 2 is 2.18 bits per heavy atom. The molecule has 0 saturated heterocycles. The molecule has 112 valence electrons. The van der Waals surface area contributed by atoms with Gasteiger partial charge in [-0.1, -0.05) is 18.2 Å². The lowest BCUT2D eigenvalue weighted by Gasteiger charge is -2.14. The molecule has 0 bridgehead atoms. The Labute approximate surface area is 125 Å². The van der Waals surface area contributed by atoms with Gasteiger partial charge in [0, 0.05) is 30.9 Å². The van der Waals surface area contributed by atoms with Crippen molar-refractivity contribution in [3.8, 4) is 0 Å². The van der Waals surface area contributed by atoms with Gasteiger partial charge in [0.05, 0.1) is 6.20 Å². The molecular weight excluding hydrogens is 284 g/mol. The number of anilines is 1. The Morgan fingerprint density at radius 1 is 1.27 bits per heavy atom. The van der Waals surface area contributed by atoms with E-state index in [0.717, 1.165) is 11.1 Å². The third kappa shape index (κ3) is 2.03.